The van der Waals surface area contributed by atoms with Gasteiger partial charge in [-0.1, -0.05) is 32.9 Å². The molecule has 0 aliphatic carbocycles. The van der Waals surface area contributed by atoms with E-state index in [1.165, 1.54) is 0 Å². The molecule has 0 spiro atoms. The van der Waals surface area contributed by atoms with E-state index in [0.717, 1.165) is 31.4 Å². The zero-order valence-electron chi connectivity index (χ0n) is 13.1. The molecule has 1 N–H and O–H groups in total. The van der Waals surface area contributed by atoms with Crippen molar-refractivity contribution in [1.29, 1.82) is 0 Å². The molecule has 0 amide bonds. The topological polar surface area (TPSA) is 55.4 Å². The first-order chi connectivity index (χ1) is 9.79. The molecule has 1 aliphatic rings. The highest BCUT2D eigenvalue weighted by Crippen LogP contribution is 2.23. The fourth-order valence-electron chi connectivity index (χ4n) is 2.44. The maximum atomic E-state index is 12.2. The molecule has 4 nitrogen and oxygen atoms in total. The summed E-state index contributed by atoms with van der Waals surface area (Å²) in [5.41, 5.74) is 1.15. The number of nitrogens with one attached hydrogen (secondary N) is 1. The Morgan fingerprint density at radius 3 is 2.43 bits per heavy atom. The van der Waals surface area contributed by atoms with Gasteiger partial charge in [-0.25, -0.2) is 13.1 Å². The van der Waals surface area contributed by atoms with E-state index in [0.29, 0.717) is 11.4 Å². The summed E-state index contributed by atoms with van der Waals surface area (Å²) in [6.45, 7) is 7.54. The van der Waals surface area contributed by atoms with Crippen LogP contribution in [-0.2, 0) is 20.2 Å². The van der Waals surface area contributed by atoms with E-state index in [1.807, 2.05) is 12.1 Å². The SMILES string of the molecule is CC(C)(C)c1ccc(S(=O)(=O)NCCC2CCCO2)cc1. The maximum absolute atomic E-state index is 12.2. The van der Waals surface area contributed by atoms with Crippen molar-refractivity contribution in [2.75, 3.05) is 13.2 Å². The molecule has 118 valence electrons. The summed E-state index contributed by atoms with van der Waals surface area (Å²) in [6, 6.07) is 7.12. The summed E-state index contributed by atoms with van der Waals surface area (Å²) in [5, 5.41) is 0. The zero-order valence-corrected chi connectivity index (χ0v) is 13.9. The van der Waals surface area contributed by atoms with E-state index >= 15 is 0 Å². The minimum absolute atomic E-state index is 0.0233. The van der Waals surface area contributed by atoms with Crippen LogP contribution in [0.15, 0.2) is 29.2 Å². The number of benzene rings is 1. The van der Waals surface area contributed by atoms with Crippen LogP contribution in [0.4, 0.5) is 0 Å². The van der Waals surface area contributed by atoms with Gasteiger partial charge in [-0.15, -0.1) is 0 Å². The third-order valence-electron chi connectivity index (χ3n) is 3.81. The number of hydrogen-bond donors (Lipinski definition) is 1. The molecule has 1 aromatic rings. The number of sulfonamides is 1. The average molecular weight is 311 g/mol. The zero-order chi connectivity index (χ0) is 15.5. The molecule has 1 fully saturated rings. The van der Waals surface area contributed by atoms with Gasteiger partial charge >= 0.3 is 0 Å². The Morgan fingerprint density at radius 1 is 1.24 bits per heavy atom. The fraction of sp³-hybridized carbons (Fsp3) is 0.625. The molecule has 1 heterocycles. The Bertz CT molecular complexity index is 552. The van der Waals surface area contributed by atoms with E-state index in [9.17, 15) is 8.42 Å². The van der Waals surface area contributed by atoms with Crippen molar-refractivity contribution < 1.29 is 13.2 Å². The van der Waals surface area contributed by atoms with Gasteiger partial charge in [0.25, 0.3) is 0 Å². The Kier molecular flexibility index (Phi) is 5.07. The van der Waals surface area contributed by atoms with Crippen molar-refractivity contribution in [1.82, 2.24) is 4.72 Å². The van der Waals surface area contributed by atoms with Crippen LogP contribution < -0.4 is 4.72 Å². The second-order valence-corrected chi connectivity index (χ2v) is 8.36. The van der Waals surface area contributed by atoms with Crippen molar-refractivity contribution in [3.05, 3.63) is 29.8 Å². The van der Waals surface area contributed by atoms with Gasteiger partial charge in [0.15, 0.2) is 0 Å². The summed E-state index contributed by atoms with van der Waals surface area (Å²) in [5.74, 6) is 0. The first-order valence-corrected chi connectivity index (χ1v) is 8.99. The smallest absolute Gasteiger partial charge is 0.240 e. The van der Waals surface area contributed by atoms with Crippen molar-refractivity contribution in [3.8, 4) is 0 Å². The van der Waals surface area contributed by atoms with Gasteiger partial charge in [-0.3, -0.25) is 0 Å². The predicted octanol–water partition coefficient (Wildman–Crippen LogP) is 2.83. The van der Waals surface area contributed by atoms with Crippen molar-refractivity contribution in [2.24, 2.45) is 0 Å². The lowest BCUT2D eigenvalue weighted by Gasteiger charge is -2.19. The molecule has 1 aliphatic heterocycles. The molecule has 1 atom stereocenters. The van der Waals surface area contributed by atoms with Crippen LogP contribution in [0.2, 0.25) is 0 Å². The molecule has 5 heteroatoms. The summed E-state index contributed by atoms with van der Waals surface area (Å²) in [4.78, 5) is 0.322. The maximum Gasteiger partial charge on any atom is 0.240 e. The second-order valence-electron chi connectivity index (χ2n) is 6.60. The molecule has 0 saturated carbocycles. The molecule has 2 rings (SSSR count). The van der Waals surface area contributed by atoms with E-state index in [1.54, 1.807) is 12.1 Å². The number of hydrogen-bond acceptors (Lipinski definition) is 3. The van der Waals surface area contributed by atoms with Gasteiger partial charge in [0, 0.05) is 13.2 Å². The lowest BCUT2D eigenvalue weighted by molar-refractivity contribution is 0.105. The number of ether oxygens (including phenoxy) is 1. The van der Waals surface area contributed by atoms with Gasteiger partial charge < -0.3 is 4.74 Å². The van der Waals surface area contributed by atoms with Gasteiger partial charge in [-0.05, 0) is 42.4 Å². The minimum Gasteiger partial charge on any atom is -0.378 e. The molecule has 0 aromatic heterocycles. The van der Waals surface area contributed by atoms with Crippen LogP contribution in [0.1, 0.15) is 45.6 Å². The van der Waals surface area contributed by atoms with E-state index < -0.39 is 10.0 Å². The molecule has 1 saturated heterocycles. The largest absolute Gasteiger partial charge is 0.378 e. The lowest BCUT2D eigenvalue weighted by Crippen LogP contribution is -2.27. The summed E-state index contributed by atoms with van der Waals surface area (Å²) in [6.07, 6.45) is 3.04. The van der Waals surface area contributed by atoms with E-state index in [-0.39, 0.29) is 11.5 Å². The Labute approximate surface area is 127 Å². The van der Waals surface area contributed by atoms with Crippen LogP contribution in [0.25, 0.3) is 0 Å². The monoisotopic (exact) mass is 311 g/mol. The highest BCUT2D eigenvalue weighted by molar-refractivity contribution is 7.89. The van der Waals surface area contributed by atoms with Crippen molar-refractivity contribution >= 4 is 10.0 Å². The molecule has 1 unspecified atom stereocenters. The quantitative estimate of drug-likeness (QED) is 0.909. The molecular weight excluding hydrogens is 286 g/mol. The first-order valence-electron chi connectivity index (χ1n) is 7.51. The van der Waals surface area contributed by atoms with Crippen LogP contribution in [0.3, 0.4) is 0 Å². The Hall–Kier alpha value is -0.910. The normalized spacial score (nSPS) is 19.9. The molecule has 0 radical (unpaired) electrons. The van der Waals surface area contributed by atoms with Crippen molar-refractivity contribution in [2.45, 2.75) is 56.4 Å². The summed E-state index contributed by atoms with van der Waals surface area (Å²) >= 11 is 0. The van der Waals surface area contributed by atoms with E-state index in [4.69, 9.17) is 4.74 Å². The third-order valence-corrected chi connectivity index (χ3v) is 5.29. The summed E-state index contributed by atoms with van der Waals surface area (Å²) in [7, 11) is -3.42. The van der Waals surface area contributed by atoms with Gasteiger partial charge in [-0.2, -0.15) is 0 Å². The van der Waals surface area contributed by atoms with Gasteiger partial charge in [0.2, 0.25) is 10.0 Å². The highest BCUT2D eigenvalue weighted by atomic mass is 32.2. The minimum atomic E-state index is -3.42. The molecule has 1 aromatic carbocycles. The second kappa shape index (κ2) is 6.46. The average Bonchev–Trinajstić information content (AvgIpc) is 2.91. The van der Waals surface area contributed by atoms with Crippen LogP contribution >= 0.6 is 0 Å². The number of rotatable bonds is 5. The van der Waals surface area contributed by atoms with Gasteiger partial charge in [0.1, 0.15) is 0 Å². The Morgan fingerprint density at radius 2 is 1.90 bits per heavy atom. The summed E-state index contributed by atoms with van der Waals surface area (Å²) < 4.78 is 32.6. The third kappa shape index (κ3) is 4.53. The Balaban J connectivity index is 1.95. The standard InChI is InChI=1S/C16H25NO3S/c1-16(2,3)13-6-8-15(9-7-13)21(18,19)17-11-10-14-5-4-12-20-14/h6-9,14,17H,4-5,10-12H2,1-3H3. The van der Waals surface area contributed by atoms with Crippen molar-refractivity contribution in [3.63, 3.8) is 0 Å². The lowest BCUT2D eigenvalue weighted by atomic mass is 9.87. The molecule has 21 heavy (non-hydrogen) atoms. The van der Waals surface area contributed by atoms with Gasteiger partial charge in [0.05, 0.1) is 11.0 Å². The first kappa shape index (κ1) is 16.5. The van der Waals surface area contributed by atoms with Crippen LogP contribution in [0, 0.1) is 0 Å². The molecule has 0 bridgehead atoms. The highest BCUT2D eigenvalue weighted by Gasteiger charge is 2.19. The predicted molar refractivity (Wildman–Crippen MR) is 83.9 cm³/mol. The van der Waals surface area contributed by atoms with Crippen LogP contribution in [-0.4, -0.2) is 27.7 Å². The van der Waals surface area contributed by atoms with Crippen LogP contribution in [0.5, 0.6) is 0 Å². The van der Waals surface area contributed by atoms with E-state index in [2.05, 4.69) is 25.5 Å². The fourth-order valence-corrected chi connectivity index (χ4v) is 3.49. The molecular formula is C16H25NO3S.